The molecule has 0 amide bonds. The van der Waals surface area contributed by atoms with E-state index in [0.29, 0.717) is 29.7 Å². The van der Waals surface area contributed by atoms with Crippen molar-refractivity contribution < 1.29 is 4.74 Å². The quantitative estimate of drug-likeness (QED) is 0.746. The minimum absolute atomic E-state index is 0.139. The molecule has 0 aliphatic carbocycles. The predicted octanol–water partition coefficient (Wildman–Crippen LogP) is 3.02. The summed E-state index contributed by atoms with van der Waals surface area (Å²) in [6.07, 6.45) is 0.373. The van der Waals surface area contributed by atoms with E-state index in [9.17, 15) is 0 Å². The summed E-state index contributed by atoms with van der Waals surface area (Å²) < 4.78 is 5.93. The molecule has 0 bridgehead atoms. The zero-order valence-electron chi connectivity index (χ0n) is 13.8. The number of anilines is 2. The van der Waals surface area contributed by atoms with Crippen LogP contribution in [0.3, 0.4) is 0 Å². The van der Waals surface area contributed by atoms with Crippen molar-refractivity contribution in [2.24, 2.45) is 0 Å². The Balaban J connectivity index is 2.03. The molecule has 0 fully saturated rings. The third-order valence-corrected chi connectivity index (χ3v) is 4.52. The maximum Gasteiger partial charge on any atom is 0.222 e. The maximum atomic E-state index is 8.97. The molecule has 124 valence electrons. The second-order valence-electron chi connectivity index (χ2n) is 6.28. The van der Waals surface area contributed by atoms with Gasteiger partial charge in [-0.1, -0.05) is 31.2 Å². The molecule has 6 heteroatoms. The Hall–Kier alpha value is -3.33. The highest BCUT2D eigenvalue weighted by Gasteiger charge is 2.28. The monoisotopic (exact) mass is 331 g/mol. The Labute approximate surface area is 145 Å². The number of aromatic nitrogens is 2. The number of rotatable bonds is 2. The maximum absolute atomic E-state index is 8.97. The van der Waals surface area contributed by atoms with E-state index in [2.05, 4.69) is 23.0 Å². The Kier molecular flexibility index (Phi) is 3.43. The Morgan fingerprint density at radius 2 is 2.12 bits per heavy atom. The summed E-state index contributed by atoms with van der Waals surface area (Å²) in [5, 5.41) is 9.68. The largest absolute Gasteiger partial charge is 0.492 e. The summed E-state index contributed by atoms with van der Waals surface area (Å²) >= 11 is 0. The lowest BCUT2D eigenvalue weighted by atomic mass is 9.90. The van der Waals surface area contributed by atoms with E-state index in [1.165, 1.54) is 0 Å². The Bertz CT molecular complexity index is 1040. The van der Waals surface area contributed by atoms with Crippen molar-refractivity contribution in [1.82, 2.24) is 9.97 Å². The minimum Gasteiger partial charge on any atom is -0.492 e. The van der Waals surface area contributed by atoms with E-state index in [0.717, 1.165) is 28.0 Å². The molecule has 0 saturated heterocycles. The van der Waals surface area contributed by atoms with E-state index in [4.69, 9.17) is 21.5 Å². The van der Waals surface area contributed by atoms with Crippen LogP contribution in [-0.4, -0.2) is 16.6 Å². The fourth-order valence-corrected chi connectivity index (χ4v) is 3.43. The van der Waals surface area contributed by atoms with E-state index < -0.39 is 0 Å². The van der Waals surface area contributed by atoms with Gasteiger partial charge in [0, 0.05) is 11.5 Å². The second-order valence-corrected chi connectivity index (χ2v) is 6.28. The molecular formula is C19H17N5O. The van der Waals surface area contributed by atoms with Gasteiger partial charge in [-0.15, -0.1) is 0 Å². The Morgan fingerprint density at radius 1 is 1.28 bits per heavy atom. The standard InChI is InChI=1S/C19H17N5O/c1-10-9-25-17-15(10)13(12-4-2-3-11(7-12)5-6-20)8-14-16(17)18(21)24-19(22)23-14/h2-4,7-8,10H,5,9H2,1H3,(H4,21,22,23,24). The number of fused-ring (bicyclic) bond motifs is 3. The molecule has 2 heterocycles. The van der Waals surface area contributed by atoms with Crippen LogP contribution in [-0.2, 0) is 6.42 Å². The van der Waals surface area contributed by atoms with Crippen LogP contribution >= 0.6 is 0 Å². The van der Waals surface area contributed by atoms with Gasteiger partial charge in [0.05, 0.1) is 30.0 Å². The highest BCUT2D eigenvalue weighted by Crippen LogP contribution is 2.46. The van der Waals surface area contributed by atoms with Crippen molar-refractivity contribution in [3.05, 3.63) is 41.5 Å². The van der Waals surface area contributed by atoms with Crippen molar-refractivity contribution in [3.63, 3.8) is 0 Å². The molecule has 1 aliphatic rings. The molecule has 0 radical (unpaired) electrons. The normalized spacial score (nSPS) is 15.6. The molecule has 3 aromatic rings. The van der Waals surface area contributed by atoms with Gasteiger partial charge in [-0.25, -0.2) is 4.98 Å². The molecule has 1 atom stereocenters. The Morgan fingerprint density at radius 3 is 2.92 bits per heavy atom. The lowest BCUT2D eigenvalue weighted by molar-refractivity contribution is 0.340. The van der Waals surface area contributed by atoms with Crippen LogP contribution < -0.4 is 16.2 Å². The third kappa shape index (κ3) is 2.41. The zero-order chi connectivity index (χ0) is 17.6. The SMILES string of the molecule is CC1COc2c1c(-c1cccc(CC#N)c1)cc1nc(N)nc(N)c21. The summed E-state index contributed by atoms with van der Waals surface area (Å²) in [6.45, 7) is 2.71. The number of nitriles is 1. The number of ether oxygens (including phenoxy) is 1. The van der Waals surface area contributed by atoms with Crippen LogP contribution in [0, 0.1) is 11.3 Å². The number of nitrogens with two attached hydrogens (primary N) is 2. The molecule has 0 spiro atoms. The average molecular weight is 331 g/mol. The van der Waals surface area contributed by atoms with Gasteiger partial charge in [-0.05, 0) is 22.8 Å². The fourth-order valence-electron chi connectivity index (χ4n) is 3.43. The molecule has 6 nitrogen and oxygen atoms in total. The number of hydrogen-bond donors (Lipinski definition) is 2. The lowest BCUT2D eigenvalue weighted by Gasteiger charge is -2.14. The summed E-state index contributed by atoms with van der Waals surface area (Å²) in [6, 6.07) is 12.1. The van der Waals surface area contributed by atoms with E-state index in [1.54, 1.807) is 0 Å². The molecule has 1 unspecified atom stereocenters. The van der Waals surface area contributed by atoms with Crippen LogP contribution in [0.4, 0.5) is 11.8 Å². The van der Waals surface area contributed by atoms with E-state index in [1.807, 2.05) is 30.3 Å². The molecule has 1 aliphatic heterocycles. The number of nitrogen functional groups attached to an aromatic ring is 2. The predicted molar refractivity (Wildman–Crippen MR) is 97.0 cm³/mol. The van der Waals surface area contributed by atoms with E-state index in [-0.39, 0.29) is 11.9 Å². The van der Waals surface area contributed by atoms with Gasteiger partial charge in [-0.3, -0.25) is 0 Å². The van der Waals surface area contributed by atoms with Gasteiger partial charge in [0.15, 0.2) is 0 Å². The van der Waals surface area contributed by atoms with Crippen LogP contribution in [0.1, 0.15) is 24.0 Å². The van der Waals surface area contributed by atoms with Gasteiger partial charge >= 0.3 is 0 Å². The van der Waals surface area contributed by atoms with Crippen LogP contribution in [0.2, 0.25) is 0 Å². The lowest BCUT2D eigenvalue weighted by Crippen LogP contribution is -2.02. The summed E-state index contributed by atoms with van der Waals surface area (Å²) in [5.74, 6) is 1.44. The fraction of sp³-hybridized carbons (Fsp3) is 0.211. The van der Waals surface area contributed by atoms with Crippen molar-refractivity contribution in [1.29, 1.82) is 5.26 Å². The van der Waals surface area contributed by atoms with E-state index >= 15 is 0 Å². The molecular weight excluding hydrogens is 314 g/mol. The summed E-state index contributed by atoms with van der Waals surface area (Å²) in [4.78, 5) is 8.41. The average Bonchev–Trinajstić information content (AvgIpc) is 2.96. The molecule has 1 aromatic heterocycles. The third-order valence-electron chi connectivity index (χ3n) is 4.52. The van der Waals surface area contributed by atoms with Crippen LogP contribution in [0.5, 0.6) is 5.75 Å². The molecule has 2 aromatic carbocycles. The first-order chi connectivity index (χ1) is 12.1. The number of hydrogen-bond acceptors (Lipinski definition) is 6. The molecule has 25 heavy (non-hydrogen) atoms. The zero-order valence-corrected chi connectivity index (χ0v) is 13.8. The molecule has 4 rings (SSSR count). The van der Waals surface area contributed by atoms with Crippen LogP contribution in [0.15, 0.2) is 30.3 Å². The second kappa shape index (κ2) is 5.64. The first-order valence-electron chi connectivity index (χ1n) is 8.07. The van der Waals surface area contributed by atoms with Crippen molar-refractivity contribution in [2.75, 3.05) is 18.1 Å². The first-order valence-corrected chi connectivity index (χ1v) is 8.07. The van der Waals surface area contributed by atoms with Crippen LogP contribution in [0.25, 0.3) is 22.0 Å². The summed E-state index contributed by atoms with van der Waals surface area (Å²) in [7, 11) is 0. The topological polar surface area (TPSA) is 111 Å². The van der Waals surface area contributed by atoms with Gasteiger partial charge in [0.25, 0.3) is 0 Å². The minimum atomic E-state index is 0.139. The molecule has 0 saturated carbocycles. The smallest absolute Gasteiger partial charge is 0.222 e. The van der Waals surface area contributed by atoms with Crippen molar-refractivity contribution in [2.45, 2.75) is 19.3 Å². The first kappa shape index (κ1) is 15.2. The molecule has 4 N–H and O–H groups in total. The van der Waals surface area contributed by atoms with Crippen molar-refractivity contribution >= 4 is 22.7 Å². The highest BCUT2D eigenvalue weighted by molar-refractivity contribution is 6.00. The van der Waals surface area contributed by atoms with Crippen molar-refractivity contribution in [3.8, 4) is 22.9 Å². The summed E-state index contributed by atoms with van der Waals surface area (Å²) in [5.41, 5.74) is 16.6. The van der Waals surface area contributed by atoms with Gasteiger partial charge in [0.2, 0.25) is 5.95 Å². The van der Waals surface area contributed by atoms with Gasteiger partial charge in [-0.2, -0.15) is 10.2 Å². The number of nitrogens with zero attached hydrogens (tertiary/aromatic N) is 3. The highest BCUT2D eigenvalue weighted by atomic mass is 16.5. The van der Waals surface area contributed by atoms with Gasteiger partial charge in [0.1, 0.15) is 11.6 Å². The van der Waals surface area contributed by atoms with Gasteiger partial charge < -0.3 is 16.2 Å². The number of benzene rings is 2.